The quantitative estimate of drug-likeness (QED) is 0.780. The van der Waals surface area contributed by atoms with Crippen LogP contribution in [0.2, 0.25) is 0 Å². The molecule has 1 aliphatic heterocycles. The maximum absolute atomic E-state index is 12.4. The zero-order chi connectivity index (χ0) is 13.8. The lowest BCUT2D eigenvalue weighted by Crippen LogP contribution is -2.40. The van der Waals surface area contributed by atoms with Gasteiger partial charge in [-0.3, -0.25) is 4.79 Å². The normalized spacial score (nSPS) is 15.8. The minimum atomic E-state index is 0. The van der Waals surface area contributed by atoms with E-state index < -0.39 is 0 Å². The van der Waals surface area contributed by atoms with Gasteiger partial charge in [-0.2, -0.15) is 0 Å². The average Bonchev–Trinajstić information content (AvgIpc) is 2.42. The lowest BCUT2D eigenvalue weighted by Gasteiger charge is -2.32. The zero-order valence-corrected chi connectivity index (χ0v) is 15.0. The Labute approximate surface area is 141 Å². The molecule has 0 unspecified atom stereocenters. The number of nitrogens with one attached hydrogen (secondary N) is 1. The van der Waals surface area contributed by atoms with Crippen molar-refractivity contribution >= 4 is 40.9 Å². The van der Waals surface area contributed by atoms with E-state index in [1.165, 1.54) is 5.56 Å². The van der Waals surface area contributed by atoms with Gasteiger partial charge in [-0.05, 0) is 79.6 Å². The third-order valence-corrected chi connectivity index (χ3v) is 4.98. The SMILES string of the molecule is CNCC1CCN(C(=O)c2ccc(C)c(I)c2)CC1.Cl. The molecule has 1 aromatic carbocycles. The number of amides is 1. The maximum Gasteiger partial charge on any atom is 0.253 e. The van der Waals surface area contributed by atoms with Gasteiger partial charge in [-0.15, -0.1) is 12.4 Å². The first-order valence-corrected chi connectivity index (χ1v) is 7.89. The largest absolute Gasteiger partial charge is 0.339 e. The molecule has 0 spiro atoms. The van der Waals surface area contributed by atoms with Crippen LogP contribution in [0.25, 0.3) is 0 Å². The van der Waals surface area contributed by atoms with Crippen LogP contribution in [-0.2, 0) is 0 Å². The van der Waals surface area contributed by atoms with Gasteiger partial charge < -0.3 is 10.2 Å². The van der Waals surface area contributed by atoms with Crippen LogP contribution in [0.1, 0.15) is 28.8 Å². The first-order valence-electron chi connectivity index (χ1n) is 6.82. The summed E-state index contributed by atoms with van der Waals surface area (Å²) in [5.74, 6) is 0.896. The summed E-state index contributed by atoms with van der Waals surface area (Å²) >= 11 is 2.29. The van der Waals surface area contributed by atoms with Crippen molar-refractivity contribution in [1.82, 2.24) is 10.2 Å². The van der Waals surface area contributed by atoms with E-state index in [1.54, 1.807) is 0 Å². The van der Waals surface area contributed by atoms with Gasteiger partial charge in [0.15, 0.2) is 0 Å². The van der Waals surface area contributed by atoms with Crippen molar-refractivity contribution in [2.45, 2.75) is 19.8 Å². The lowest BCUT2D eigenvalue weighted by atomic mass is 9.96. The van der Waals surface area contributed by atoms with Gasteiger partial charge in [0.05, 0.1) is 0 Å². The second-order valence-corrected chi connectivity index (χ2v) is 6.42. The van der Waals surface area contributed by atoms with Crippen LogP contribution >= 0.6 is 35.0 Å². The Morgan fingerprint density at radius 3 is 2.60 bits per heavy atom. The van der Waals surface area contributed by atoms with Gasteiger partial charge in [-0.1, -0.05) is 6.07 Å². The van der Waals surface area contributed by atoms with Crippen molar-refractivity contribution in [3.8, 4) is 0 Å². The fraction of sp³-hybridized carbons (Fsp3) is 0.533. The Kier molecular flexibility index (Phi) is 7.26. The summed E-state index contributed by atoms with van der Waals surface area (Å²) < 4.78 is 1.16. The zero-order valence-electron chi connectivity index (χ0n) is 12.0. The van der Waals surface area contributed by atoms with Gasteiger partial charge in [0.25, 0.3) is 5.91 Å². The summed E-state index contributed by atoms with van der Waals surface area (Å²) in [6, 6.07) is 5.97. The maximum atomic E-state index is 12.4. The van der Waals surface area contributed by atoms with E-state index in [9.17, 15) is 4.79 Å². The van der Waals surface area contributed by atoms with E-state index in [0.717, 1.165) is 41.6 Å². The molecule has 1 aliphatic rings. The molecular formula is C15H22ClIN2O. The summed E-state index contributed by atoms with van der Waals surface area (Å²) in [5, 5.41) is 3.22. The minimum absolute atomic E-state index is 0. The van der Waals surface area contributed by atoms with Crippen molar-refractivity contribution in [2.24, 2.45) is 5.92 Å². The highest BCUT2D eigenvalue weighted by molar-refractivity contribution is 14.1. The third-order valence-electron chi connectivity index (χ3n) is 3.81. The monoisotopic (exact) mass is 408 g/mol. The van der Waals surface area contributed by atoms with Crippen molar-refractivity contribution in [3.63, 3.8) is 0 Å². The Hall–Kier alpha value is -0.330. The van der Waals surface area contributed by atoms with E-state index >= 15 is 0 Å². The fourth-order valence-corrected chi connectivity index (χ4v) is 3.05. The van der Waals surface area contributed by atoms with Crippen molar-refractivity contribution < 1.29 is 4.79 Å². The summed E-state index contributed by atoms with van der Waals surface area (Å²) in [4.78, 5) is 14.4. The predicted octanol–water partition coefficient (Wildman–Crippen LogP) is 3.09. The molecule has 20 heavy (non-hydrogen) atoms. The smallest absolute Gasteiger partial charge is 0.253 e. The van der Waals surface area contributed by atoms with Gasteiger partial charge in [0, 0.05) is 22.2 Å². The van der Waals surface area contributed by atoms with Crippen molar-refractivity contribution in [1.29, 1.82) is 0 Å². The number of aryl methyl sites for hydroxylation is 1. The Morgan fingerprint density at radius 2 is 2.05 bits per heavy atom. The molecular weight excluding hydrogens is 387 g/mol. The number of likely N-dealkylation sites (tertiary alicyclic amines) is 1. The van der Waals surface area contributed by atoms with Gasteiger partial charge in [0.1, 0.15) is 0 Å². The molecule has 1 amide bonds. The number of carbonyl (C=O) groups excluding carboxylic acids is 1. The summed E-state index contributed by atoms with van der Waals surface area (Å²) in [6.07, 6.45) is 2.21. The van der Waals surface area contributed by atoms with Crippen LogP contribution in [0.4, 0.5) is 0 Å². The minimum Gasteiger partial charge on any atom is -0.339 e. The molecule has 5 heteroatoms. The highest BCUT2D eigenvalue weighted by atomic mass is 127. The highest BCUT2D eigenvalue weighted by Crippen LogP contribution is 2.20. The van der Waals surface area contributed by atoms with Crippen LogP contribution in [-0.4, -0.2) is 37.5 Å². The molecule has 0 aromatic heterocycles. The molecule has 0 atom stereocenters. The van der Waals surface area contributed by atoms with Crippen LogP contribution < -0.4 is 5.32 Å². The second-order valence-electron chi connectivity index (χ2n) is 5.26. The molecule has 1 heterocycles. The Balaban J connectivity index is 0.00000200. The first-order chi connectivity index (χ1) is 9.11. The standard InChI is InChI=1S/C15H21IN2O.ClH/c1-11-3-4-13(9-14(11)16)15(19)18-7-5-12(6-8-18)10-17-2;/h3-4,9,12,17H,5-8,10H2,1-2H3;1H. The van der Waals surface area contributed by atoms with Gasteiger partial charge in [-0.25, -0.2) is 0 Å². The summed E-state index contributed by atoms with van der Waals surface area (Å²) in [6.45, 7) is 4.90. The van der Waals surface area contributed by atoms with Crippen LogP contribution in [0.5, 0.6) is 0 Å². The number of piperidine rings is 1. The molecule has 3 nitrogen and oxygen atoms in total. The molecule has 1 aromatic rings. The van der Waals surface area contributed by atoms with Gasteiger partial charge in [0.2, 0.25) is 0 Å². The van der Waals surface area contributed by atoms with Crippen LogP contribution in [0, 0.1) is 16.4 Å². The van der Waals surface area contributed by atoms with E-state index in [0.29, 0.717) is 5.92 Å². The molecule has 0 saturated carbocycles. The predicted molar refractivity (Wildman–Crippen MR) is 93.7 cm³/mol. The molecule has 2 rings (SSSR count). The fourth-order valence-electron chi connectivity index (χ4n) is 2.54. The van der Waals surface area contributed by atoms with Crippen LogP contribution in [0.3, 0.4) is 0 Å². The molecule has 112 valence electrons. The number of benzene rings is 1. The number of hydrogen-bond donors (Lipinski definition) is 1. The highest BCUT2D eigenvalue weighted by Gasteiger charge is 2.23. The Morgan fingerprint density at radius 1 is 1.40 bits per heavy atom. The first kappa shape index (κ1) is 17.7. The van der Waals surface area contributed by atoms with E-state index in [2.05, 4.69) is 34.8 Å². The van der Waals surface area contributed by atoms with E-state index in [-0.39, 0.29) is 18.3 Å². The molecule has 1 fully saturated rings. The number of carbonyl (C=O) groups is 1. The molecule has 0 aliphatic carbocycles. The van der Waals surface area contributed by atoms with Crippen LogP contribution in [0.15, 0.2) is 18.2 Å². The van der Waals surface area contributed by atoms with Gasteiger partial charge >= 0.3 is 0 Å². The number of hydrogen-bond acceptors (Lipinski definition) is 2. The van der Waals surface area contributed by atoms with E-state index in [4.69, 9.17) is 0 Å². The summed E-state index contributed by atoms with van der Waals surface area (Å²) in [5.41, 5.74) is 2.05. The second kappa shape index (κ2) is 8.20. The van der Waals surface area contributed by atoms with Crippen molar-refractivity contribution in [2.75, 3.05) is 26.7 Å². The number of halogens is 2. The summed E-state index contributed by atoms with van der Waals surface area (Å²) in [7, 11) is 1.99. The number of nitrogens with zero attached hydrogens (tertiary/aromatic N) is 1. The molecule has 0 radical (unpaired) electrons. The third kappa shape index (κ3) is 4.33. The lowest BCUT2D eigenvalue weighted by molar-refractivity contribution is 0.0691. The Bertz CT molecular complexity index is 459. The topological polar surface area (TPSA) is 32.3 Å². The van der Waals surface area contributed by atoms with E-state index in [1.807, 2.05) is 30.1 Å². The molecule has 1 N–H and O–H groups in total. The number of rotatable bonds is 3. The molecule has 0 bridgehead atoms. The average molecular weight is 409 g/mol. The molecule has 1 saturated heterocycles. The van der Waals surface area contributed by atoms with Crippen molar-refractivity contribution in [3.05, 3.63) is 32.9 Å².